The van der Waals surface area contributed by atoms with Crippen molar-refractivity contribution < 1.29 is 77.3 Å². The zero-order valence-corrected chi connectivity index (χ0v) is 72.2. The molecule has 1 aliphatic heterocycles. The van der Waals surface area contributed by atoms with Gasteiger partial charge in [0.1, 0.15) is 78.3 Å². The van der Waals surface area contributed by atoms with Crippen molar-refractivity contribution in [1.29, 1.82) is 16.2 Å². The van der Waals surface area contributed by atoms with Gasteiger partial charge in [-0.05, 0) is 84.5 Å². The number of nitrogens with zero attached hydrogens (tertiary/aromatic N) is 5. The molecule has 0 saturated carbocycles. The number of phenols is 1. The number of fused-ring (bicyclic) bond motifs is 1. The van der Waals surface area contributed by atoms with Gasteiger partial charge in [0.15, 0.2) is 17.9 Å². The summed E-state index contributed by atoms with van der Waals surface area (Å²) < 4.78 is 1.53. The van der Waals surface area contributed by atoms with Crippen molar-refractivity contribution in [2.45, 2.75) is 163 Å². The van der Waals surface area contributed by atoms with Crippen LogP contribution in [0.15, 0.2) is 135 Å². The lowest BCUT2D eigenvalue weighted by molar-refractivity contribution is -0.143. The lowest BCUT2D eigenvalue weighted by Crippen LogP contribution is -2.62. The van der Waals surface area contributed by atoms with Crippen molar-refractivity contribution >= 4 is 123 Å². The number of nitrogens with two attached hydrogens (primary N) is 4. The number of H-pyrrole nitrogens is 2. The van der Waals surface area contributed by atoms with Crippen LogP contribution in [0, 0.1) is 16.2 Å². The van der Waals surface area contributed by atoms with E-state index in [1.54, 1.807) is 74.6 Å². The van der Waals surface area contributed by atoms with E-state index >= 15 is 38.4 Å². The predicted octanol–water partition coefficient (Wildman–Crippen LogP) is -5.82. The molecule has 1 saturated heterocycles. The quantitative estimate of drug-likeness (QED) is 0.0118. The third kappa shape index (κ3) is 32.3. The van der Waals surface area contributed by atoms with Crippen molar-refractivity contribution in [2.24, 2.45) is 30.0 Å². The lowest BCUT2D eigenvalue weighted by Gasteiger charge is -2.33. The fourth-order valence-electron chi connectivity index (χ4n) is 13.9. The van der Waals surface area contributed by atoms with Crippen LogP contribution in [-0.2, 0) is 113 Å². The Kier molecular flexibility index (Phi) is 39.0. The number of aliphatic hydroxyl groups is 1. The highest BCUT2D eigenvalue weighted by Gasteiger charge is 2.40. The molecule has 0 spiro atoms. The maximum Gasteiger partial charge on any atom is 0.245 e. The molecular formula is C83H113N29O16S. The average Bonchev–Trinajstić information content (AvgIpc) is 1.72. The Bertz CT molecular complexity index is 5020. The fourth-order valence-corrected chi connectivity index (χ4v) is 14.8. The first-order valence-corrected chi connectivity index (χ1v) is 42.7. The van der Waals surface area contributed by atoms with E-state index in [1.165, 1.54) is 73.5 Å². The van der Waals surface area contributed by atoms with Crippen molar-refractivity contribution in [2.75, 3.05) is 51.3 Å². The Morgan fingerprint density at radius 3 is 1.46 bits per heavy atom. The first kappa shape index (κ1) is 99.7. The summed E-state index contributed by atoms with van der Waals surface area (Å²) in [6.45, 7) is -0.475. The van der Waals surface area contributed by atoms with E-state index in [0.29, 0.717) is 27.8 Å². The predicted molar refractivity (Wildman–Crippen MR) is 473 cm³/mol. The van der Waals surface area contributed by atoms with Crippen molar-refractivity contribution in [1.82, 2.24) is 114 Å². The molecule has 12 atom stereocenters. The van der Waals surface area contributed by atoms with Crippen LogP contribution in [0.3, 0.4) is 0 Å². The molecule has 8 rings (SSSR count). The first-order chi connectivity index (χ1) is 61.7. The van der Waals surface area contributed by atoms with Crippen LogP contribution in [0.25, 0.3) is 10.8 Å². The number of nitrogens with one attached hydrogen (secondary N) is 20. The number of aryl methyl sites for hydroxylation is 1. The summed E-state index contributed by atoms with van der Waals surface area (Å²) >= 11 is 0.789. The second-order valence-corrected chi connectivity index (χ2v) is 31.6. The Balaban J connectivity index is 1.23. The SMILES string of the molecule is CC[C@@H]1NC(=O)[C@H](Cc2ccccc2)NC(=O)CSC[C@H](C(=O)NCC(N)=O)NC(=O)C(Cc2cncn2C)NC(=O)C(CCCNC(=N)N)NC(=O)C(Cc2c[nH]cn2)NC(=O)C(Cc2ccc(O)cc2)N(C)C(=O)C(CCCNC(=N)N)NC(=O)C(CO)NC(=O)C(CCCNC(=N)N)NC(=O)C(Cc2c[nH]cn2)NC(=O)C(Cc2cccc3ccccc23)NC1=O. The maximum atomic E-state index is 15.5. The molecule has 0 aliphatic carbocycles. The normalized spacial score (nSPS) is 21.7. The molecule has 4 heterocycles. The van der Waals surface area contributed by atoms with Gasteiger partial charge in [0.2, 0.25) is 82.7 Å². The minimum atomic E-state index is -1.94. The molecule has 1 fully saturated rings. The van der Waals surface area contributed by atoms with Crippen LogP contribution >= 0.6 is 11.8 Å². The number of hydrogen-bond acceptors (Lipinski definition) is 23. The largest absolute Gasteiger partial charge is 0.508 e. The van der Waals surface area contributed by atoms with Crippen molar-refractivity contribution in [3.8, 4) is 5.75 Å². The molecular weight excluding hydrogens is 1690 g/mol. The van der Waals surface area contributed by atoms with E-state index < -0.39 is 204 Å². The number of imidazole rings is 3. The minimum Gasteiger partial charge on any atom is -0.508 e. The molecule has 4 aromatic carbocycles. The van der Waals surface area contributed by atoms with E-state index in [2.05, 4.69) is 105 Å². The number of aromatic nitrogens is 6. The van der Waals surface area contributed by atoms with E-state index in [0.717, 1.165) is 22.0 Å². The average molecular weight is 1810 g/mol. The van der Waals surface area contributed by atoms with E-state index in [1.807, 2.05) is 12.1 Å². The molecule has 9 unspecified atom stereocenters. The Morgan fingerprint density at radius 1 is 0.488 bits per heavy atom. The van der Waals surface area contributed by atoms with E-state index in [9.17, 15) is 39.0 Å². The summed E-state index contributed by atoms with van der Waals surface area (Å²) in [4.78, 5) is 227. The van der Waals surface area contributed by atoms with Crippen LogP contribution in [0.4, 0.5) is 0 Å². The number of primary amides is 1. The van der Waals surface area contributed by atoms with Crippen LogP contribution < -0.4 is 103 Å². The summed E-state index contributed by atoms with van der Waals surface area (Å²) in [6, 6.07) is 6.79. The lowest BCUT2D eigenvalue weighted by atomic mass is 9.97. The molecule has 45 nitrogen and oxygen atoms in total. The van der Waals surface area contributed by atoms with Gasteiger partial charge >= 0.3 is 0 Å². The topological polar surface area (TPSA) is 714 Å². The number of benzene rings is 4. The minimum absolute atomic E-state index is 0.00731. The third-order valence-electron chi connectivity index (χ3n) is 20.8. The number of carbonyl (C=O) groups is 14. The van der Waals surface area contributed by atoms with Crippen LogP contribution in [0.2, 0.25) is 0 Å². The number of likely N-dealkylation sites (N-methyl/N-ethyl adjacent to an activating group) is 1. The van der Waals surface area contributed by atoms with Gasteiger partial charge in [-0.2, -0.15) is 0 Å². The van der Waals surface area contributed by atoms with E-state index in [-0.39, 0.29) is 114 Å². The second kappa shape index (κ2) is 50.4. The second-order valence-electron chi connectivity index (χ2n) is 30.6. The number of phenolic OH excluding ortho intramolecular Hbond substituents is 1. The van der Waals surface area contributed by atoms with Gasteiger partial charge in [-0.15, -0.1) is 11.8 Å². The number of rotatable bonds is 29. The van der Waals surface area contributed by atoms with Gasteiger partial charge in [-0.3, -0.25) is 83.4 Å². The molecule has 129 heavy (non-hydrogen) atoms. The number of aromatic amines is 2. The molecule has 46 heteroatoms. The standard InChI is InChI=1S/C83H113N29O16S/c1-4-55-70(118)105-60(32-49-18-10-17-48-16-8-9-19-54(48)49)74(122)106-61(33-50-36-91-43-98-50)75(123)103-57(21-12-28-95-82(87)88)72(120)109-64(40-113)78(126)104-58(22-13-29-96-83(89)90)80(128)112(3)66(31-47-23-25-53(114)26-24-47)79(127)108-62(34-51-37-92-44-99-51)76(124)102-56(20-11-27-94-81(85)86)71(119)107-63(35-52-38-93-45-111(52)2)77(125)110-65(69(117)97-39-67(84)115)41-129-42-68(116)100-59(73(121)101-55)30-46-14-6-5-7-15-46/h5-10,14-19,23-26,36-38,43-45,55-66,113-114H,4,11-13,20-22,27-35,39-42H2,1-3H3,(H2,84,115)(H,91,98)(H,92,99)(H,97,117)(H,100,116)(H,101,121)(H,102,124)(H,103,123)(H,104,126)(H,105,118)(H,106,122)(H,107,119)(H,108,127)(H,109,120)(H,110,125)(H4,85,86,94)(H4,87,88,95)(H4,89,90,96)/t55-,56?,57?,58?,59-,60?,61?,62?,63?,64?,65+,66?/m0/s1. The van der Waals surface area contributed by atoms with Crippen molar-refractivity contribution in [3.63, 3.8) is 0 Å². The summed E-state index contributed by atoms with van der Waals surface area (Å²) in [6.07, 6.45) is 5.29. The highest BCUT2D eigenvalue weighted by Crippen LogP contribution is 2.23. The number of carbonyl (C=O) groups excluding carboxylic acids is 14. The first-order valence-electron chi connectivity index (χ1n) is 41.5. The highest BCUT2D eigenvalue weighted by atomic mass is 32.2. The van der Waals surface area contributed by atoms with Crippen LogP contribution in [0.5, 0.6) is 5.75 Å². The number of aliphatic hydroxyl groups excluding tert-OH is 1. The number of thioether (sulfide) groups is 1. The van der Waals surface area contributed by atoms with Gasteiger partial charge in [0, 0.05) is 102 Å². The van der Waals surface area contributed by atoms with Gasteiger partial charge in [0.25, 0.3) is 0 Å². The Labute approximate surface area is 745 Å². The Hall–Kier alpha value is -14.7. The molecule has 1 aliphatic rings. The molecule has 7 aromatic rings. The van der Waals surface area contributed by atoms with Crippen LogP contribution in [0.1, 0.15) is 85.6 Å². The monoisotopic (exact) mass is 1800 g/mol. The summed E-state index contributed by atoms with van der Waals surface area (Å²) in [5.74, 6) is -16.4. The summed E-state index contributed by atoms with van der Waals surface area (Å²) in [7, 11) is 2.80. The number of hydrogen-bond donors (Lipinski definition) is 26. The smallest absolute Gasteiger partial charge is 0.245 e. The third-order valence-corrected chi connectivity index (χ3v) is 21.8. The summed E-state index contributed by atoms with van der Waals surface area (Å²) in [5, 5.41) is 86.0. The fraction of sp³-hybridized carbons (Fsp3) is 0.422. The zero-order chi connectivity index (χ0) is 93.6. The number of guanidine groups is 3. The molecule has 0 bridgehead atoms. The molecule has 692 valence electrons. The Morgan fingerprint density at radius 2 is 0.938 bits per heavy atom. The van der Waals surface area contributed by atoms with Gasteiger partial charge in [-0.1, -0.05) is 91.9 Å². The molecule has 3 aromatic heterocycles. The molecule has 30 N–H and O–H groups in total. The van der Waals surface area contributed by atoms with Crippen molar-refractivity contribution in [3.05, 3.63) is 168 Å². The van der Waals surface area contributed by atoms with Gasteiger partial charge in [0.05, 0.1) is 49.3 Å². The number of amides is 14. The maximum absolute atomic E-state index is 15.5. The van der Waals surface area contributed by atoms with Gasteiger partial charge < -0.3 is 132 Å². The summed E-state index contributed by atoms with van der Waals surface area (Å²) in [5.41, 5.74) is 24.5. The van der Waals surface area contributed by atoms with Crippen LogP contribution in [-0.4, -0.2) is 269 Å². The van der Waals surface area contributed by atoms with E-state index in [4.69, 9.17) is 39.2 Å². The zero-order valence-electron chi connectivity index (χ0n) is 71.3. The molecule has 0 radical (unpaired) electrons. The highest BCUT2D eigenvalue weighted by molar-refractivity contribution is 8.00. The molecule has 14 amide bonds. The van der Waals surface area contributed by atoms with Gasteiger partial charge in [-0.25, -0.2) is 15.0 Å². The number of aromatic hydroxyl groups is 1.